The highest BCUT2D eigenvalue weighted by atomic mass is 19.1. The second kappa shape index (κ2) is 8.06. The third-order valence-corrected chi connectivity index (χ3v) is 3.62. The van der Waals surface area contributed by atoms with Crippen molar-refractivity contribution in [3.8, 4) is 5.75 Å². The Morgan fingerprint density at radius 1 is 1.00 bits per heavy atom. The van der Waals surface area contributed by atoms with Crippen LogP contribution in [-0.4, -0.2) is 17.5 Å². The number of hydrogen-bond donors (Lipinski definition) is 0. The van der Waals surface area contributed by atoms with Crippen LogP contribution in [0, 0.1) is 5.82 Å². The predicted molar refractivity (Wildman–Crippen MR) is 93.8 cm³/mol. The Balaban J connectivity index is 1.76. The summed E-state index contributed by atoms with van der Waals surface area (Å²) in [5.41, 5.74) is 1.64. The fourth-order valence-corrected chi connectivity index (χ4v) is 2.38. The van der Waals surface area contributed by atoms with Crippen molar-refractivity contribution < 1.29 is 13.9 Å². The van der Waals surface area contributed by atoms with Crippen molar-refractivity contribution >= 4 is 11.6 Å². The summed E-state index contributed by atoms with van der Waals surface area (Å²) in [5, 5.41) is 0. The minimum atomic E-state index is -0.492. The molecule has 0 saturated heterocycles. The third kappa shape index (κ3) is 4.41. The molecule has 0 N–H and O–H groups in total. The number of anilines is 1. The van der Waals surface area contributed by atoms with Crippen molar-refractivity contribution in [3.05, 3.63) is 90.5 Å². The minimum Gasteiger partial charge on any atom is -0.481 e. The van der Waals surface area contributed by atoms with E-state index in [1.54, 1.807) is 29.4 Å². The zero-order valence-corrected chi connectivity index (χ0v) is 13.5. The molecular formula is C20H17FN2O2. The molecule has 2 aromatic carbocycles. The Bertz CT molecular complexity index is 825. The standard InChI is InChI=1S/C20H17FN2O2/c21-18-10-4-5-11-19(18)25-15-20(24)23(17-8-2-1-3-9-17)14-16-7-6-12-22-13-16/h1-13H,14-15H2. The molecule has 3 aromatic rings. The molecule has 126 valence electrons. The molecule has 0 saturated carbocycles. The van der Waals surface area contributed by atoms with Crippen molar-refractivity contribution in [1.29, 1.82) is 0 Å². The van der Waals surface area contributed by atoms with E-state index >= 15 is 0 Å². The number of nitrogens with zero attached hydrogens (tertiary/aromatic N) is 2. The number of hydrogen-bond acceptors (Lipinski definition) is 3. The van der Waals surface area contributed by atoms with E-state index < -0.39 is 5.82 Å². The summed E-state index contributed by atoms with van der Waals surface area (Å²) in [7, 11) is 0. The SMILES string of the molecule is O=C(COc1ccccc1F)N(Cc1cccnc1)c1ccccc1. The Kier molecular flexibility index (Phi) is 5.36. The summed E-state index contributed by atoms with van der Waals surface area (Å²) >= 11 is 0. The van der Waals surface area contributed by atoms with Gasteiger partial charge in [0.2, 0.25) is 0 Å². The smallest absolute Gasteiger partial charge is 0.265 e. The first-order valence-corrected chi connectivity index (χ1v) is 7.85. The summed E-state index contributed by atoms with van der Waals surface area (Å²) in [6, 6.07) is 19.0. The lowest BCUT2D eigenvalue weighted by molar-refractivity contribution is -0.120. The molecule has 0 aliphatic heterocycles. The fourth-order valence-electron chi connectivity index (χ4n) is 2.38. The maximum atomic E-state index is 13.7. The van der Waals surface area contributed by atoms with Gasteiger partial charge in [0.15, 0.2) is 18.2 Å². The largest absolute Gasteiger partial charge is 0.481 e. The van der Waals surface area contributed by atoms with E-state index in [1.807, 2.05) is 42.5 Å². The molecule has 0 unspecified atom stereocenters. The van der Waals surface area contributed by atoms with Gasteiger partial charge in [-0.05, 0) is 35.9 Å². The lowest BCUT2D eigenvalue weighted by Gasteiger charge is -2.23. The average Bonchev–Trinajstić information content (AvgIpc) is 2.67. The first-order valence-electron chi connectivity index (χ1n) is 7.85. The quantitative estimate of drug-likeness (QED) is 0.687. The highest BCUT2D eigenvalue weighted by Gasteiger charge is 2.17. The molecule has 1 heterocycles. The number of ether oxygens (including phenoxy) is 1. The van der Waals surface area contributed by atoms with Crippen LogP contribution in [0.25, 0.3) is 0 Å². The molecule has 0 aliphatic rings. The molecule has 1 amide bonds. The second-order valence-electron chi connectivity index (χ2n) is 5.40. The molecule has 4 nitrogen and oxygen atoms in total. The highest BCUT2D eigenvalue weighted by Crippen LogP contribution is 2.19. The van der Waals surface area contributed by atoms with Gasteiger partial charge in [-0.2, -0.15) is 0 Å². The molecule has 1 aromatic heterocycles. The number of amides is 1. The van der Waals surface area contributed by atoms with Gasteiger partial charge in [0.25, 0.3) is 5.91 Å². The number of carbonyl (C=O) groups is 1. The topological polar surface area (TPSA) is 42.4 Å². The Morgan fingerprint density at radius 2 is 1.76 bits per heavy atom. The summed E-state index contributed by atoms with van der Waals surface area (Å²) in [5.74, 6) is -0.697. The van der Waals surface area contributed by atoms with Crippen molar-refractivity contribution in [1.82, 2.24) is 4.98 Å². The number of carbonyl (C=O) groups excluding carboxylic acids is 1. The van der Waals surface area contributed by atoms with E-state index in [-0.39, 0.29) is 18.3 Å². The van der Waals surface area contributed by atoms with Gasteiger partial charge >= 0.3 is 0 Å². The molecule has 0 atom stereocenters. The fraction of sp³-hybridized carbons (Fsp3) is 0.100. The van der Waals surface area contributed by atoms with E-state index in [0.29, 0.717) is 6.54 Å². The van der Waals surface area contributed by atoms with Gasteiger partial charge in [-0.15, -0.1) is 0 Å². The van der Waals surface area contributed by atoms with Gasteiger partial charge < -0.3 is 9.64 Å². The summed E-state index contributed by atoms with van der Waals surface area (Å²) in [6.07, 6.45) is 3.39. The molecule has 5 heteroatoms. The lowest BCUT2D eigenvalue weighted by atomic mass is 10.2. The molecule has 0 spiro atoms. The Hall–Kier alpha value is -3.21. The normalized spacial score (nSPS) is 10.3. The van der Waals surface area contributed by atoms with Gasteiger partial charge in [0.1, 0.15) is 0 Å². The number of para-hydroxylation sites is 2. The van der Waals surface area contributed by atoms with Crippen LogP contribution >= 0.6 is 0 Å². The third-order valence-electron chi connectivity index (χ3n) is 3.62. The zero-order valence-electron chi connectivity index (χ0n) is 13.5. The number of rotatable bonds is 6. The number of benzene rings is 2. The molecule has 0 bridgehead atoms. The van der Waals surface area contributed by atoms with Crippen molar-refractivity contribution in [2.75, 3.05) is 11.5 Å². The Labute approximate surface area is 145 Å². The molecule has 0 fully saturated rings. The summed E-state index contributed by atoms with van der Waals surface area (Å²) in [4.78, 5) is 18.4. The summed E-state index contributed by atoms with van der Waals surface area (Å²) < 4.78 is 19.0. The first-order chi connectivity index (χ1) is 12.2. The monoisotopic (exact) mass is 336 g/mol. The van der Waals surface area contributed by atoms with Gasteiger partial charge in [0.05, 0.1) is 6.54 Å². The maximum absolute atomic E-state index is 13.7. The zero-order chi connectivity index (χ0) is 17.5. The van der Waals surface area contributed by atoms with Gasteiger partial charge in [0, 0.05) is 18.1 Å². The van der Waals surface area contributed by atoms with E-state index in [2.05, 4.69) is 4.98 Å². The summed E-state index contributed by atoms with van der Waals surface area (Å²) in [6.45, 7) is 0.105. The van der Waals surface area contributed by atoms with Crippen LogP contribution in [-0.2, 0) is 11.3 Å². The first kappa shape index (κ1) is 16.6. The molecule has 25 heavy (non-hydrogen) atoms. The number of pyridine rings is 1. The van der Waals surface area contributed by atoms with E-state index in [9.17, 15) is 9.18 Å². The molecular weight excluding hydrogens is 319 g/mol. The number of halogens is 1. The van der Waals surface area contributed by atoms with E-state index in [0.717, 1.165) is 11.3 Å². The van der Waals surface area contributed by atoms with Crippen LogP contribution in [0.5, 0.6) is 5.75 Å². The van der Waals surface area contributed by atoms with Crippen LogP contribution in [0.1, 0.15) is 5.56 Å². The van der Waals surface area contributed by atoms with Crippen molar-refractivity contribution in [2.24, 2.45) is 0 Å². The van der Waals surface area contributed by atoms with Crippen LogP contribution in [0.2, 0.25) is 0 Å². The van der Waals surface area contributed by atoms with Crippen LogP contribution in [0.15, 0.2) is 79.1 Å². The van der Waals surface area contributed by atoms with Crippen molar-refractivity contribution in [2.45, 2.75) is 6.54 Å². The van der Waals surface area contributed by atoms with Gasteiger partial charge in [-0.3, -0.25) is 9.78 Å². The van der Waals surface area contributed by atoms with Crippen LogP contribution < -0.4 is 9.64 Å². The van der Waals surface area contributed by atoms with Gasteiger partial charge in [-0.25, -0.2) is 4.39 Å². The van der Waals surface area contributed by atoms with E-state index in [4.69, 9.17) is 4.74 Å². The average molecular weight is 336 g/mol. The second-order valence-corrected chi connectivity index (χ2v) is 5.40. The predicted octanol–water partition coefficient (Wildman–Crippen LogP) is 3.83. The van der Waals surface area contributed by atoms with E-state index in [1.165, 1.54) is 12.1 Å². The van der Waals surface area contributed by atoms with Crippen LogP contribution in [0.3, 0.4) is 0 Å². The van der Waals surface area contributed by atoms with Crippen LogP contribution in [0.4, 0.5) is 10.1 Å². The minimum absolute atomic E-state index is 0.0604. The Morgan fingerprint density at radius 3 is 2.48 bits per heavy atom. The molecule has 3 rings (SSSR count). The highest BCUT2D eigenvalue weighted by molar-refractivity contribution is 5.94. The van der Waals surface area contributed by atoms with Gasteiger partial charge in [-0.1, -0.05) is 36.4 Å². The van der Waals surface area contributed by atoms with Crippen molar-refractivity contribution in [3.63, 3.8) is 0 Å². The maximum Gasteiger partial charge on any atom is 0.265 e. The molecule has 0 aliphatic carbocycles. The molecule has 0 radical (unpaired) electrons. The number of aromatic nitrogens is 1. The lowest BCUT2D eigenvalue weighted by Crippen LogP contribution is -2.34.